The first-order valence-electron chi connectivity index (χ1n) is 16.1. The minimum atomic E-state index is -1.19. The van der Waals surface area contributed by atoms with Gasteiger partial charge in [-0.1, -0.05) is 41.4 Å². The monoisotopic (exact) mass is 696 g/mol. The zero-order valence-corrected chi connectivity index (χ0v) is 27.9. The number of anilines is 2. The van der Waals surface area contributed by atoms with Gasteiger partial charge in [0.05, 0.1) is 77.5 Å². The second kappa shape index (κ2) is 12.1. The van der Waals surface area contributed by atoms with Gasteiger partial charge in [0.1, 0.15) is 11.6 Å². The Hall–Kier alpha value is -3.61. The van der Waals surface area contributed by atoms with Gasteiger partial charge in [0.2, 0.25) is 0 Å². The smallest absolute Gasteiger partial charge is 0.337 e. The van der Waals surface area contributed by atoms with Crippen LogP contribution in [0.5, 0.6) is 5.75 Å². The molecule has 2 bridgehead atoms. The number of likely N-dealkylation sites (N-methyl/N-ethyl adjacent to an activating group) is 1. The summed E-state index contributed by atoms with van der Waals surface area (Å²) < 4.78 is 33.1. The van der Waals surface area contributed by atoms with Crippen molar-refractivity contribution in [3.8, 4) is 16.9 Å². The van der Waals surface area contributed by atoms with Gasteiger partial charge >= 0.3 is 5.97 Å². The van der Waals surface area contributed by atoms with Crippen LogP contribution in [0.1, 0.15) is 39.1 Å². The van der Waals surface area contributed by atoms with Gasteiger partial charge in [0.25, 0.3) is 5.91 Å². The van der Waals surface area contributed by atoms with Crippen molar-refractivity contribution in [1.29, 1.82) is 0 Å². The lowest BCUT2D eigenvalue weighted by molar-refractivity contribution is -0.134. The van der Waals surface area contributed by atoms with Gasteiger partial charge in [0, 0.05) is 42.0 Å². The van der Waals surface area contributed by atoms with Crippen LogP contribution in [0.2, 0.25) is 10.0 Å². The van der Waals surface area contributed by atoms with E-state index in [4.69, 9.17) is 37.4 Å². The topological polar surface area (TPSA) is 95.0 Å². The molecule has 4 fully saturated rings. The first-order chi connectivity index (χ1) is 23.1. The number of morpholine rings is 1. The number of para-hydroxylation sites is 1. The molecule has 252 valence electrons. The van der Waals surface area contributed by atoms with E-state index in [1.807, 2.05) is 6.07 Å². The molecule has 5 heterocycles. The van der Waals surface area contributed by atoms with Crippen LogP contribution in [0.25, 0.3) is 11.1 Å². The van der Waals surface area contributed by atoms with Gasteiger partial charge in [-0.15, -0.1) is 0 Å². The molecule has 1 amide bonds. The lowest BCUT2D eigenvalue weighted by Gasteiger charge is -2.54. The second-order valence-electron chi connectivity index (χ2n) is 13.4. The van der Waals surface area contributed by atoms with Gasteiger partial charge in [-0.05, 0) is 44.2 Å². The number of rotatable bonds is 5. The molecular formula is C35H35Cl2FN4O6. The number of benzene rings is 3. The molecule has 10 nitrogen and oxygen atoms in total. The van der Waals surface area contributed by atoms with Crippen LogP contribution in [-0.4, -0.2) is 104 Å². The van der Waals surface area contributed by atoms with Crippen LogP contribution in [0, 0.1) is 5.82 Å². The molecule has 5 aliphatic heterocycles. The number of aromatic carboxylic acids is 1. The van der Waals surface area contributed by atoms with Gasteiger partial charge in [-0.25, -0.2) is 9.18 Å². The van der Waals surface area contributed by atoms with Crippen molar-refractivity contribution in [1.82, 2.24) is 9.80 Å². The minimum absolute atomic E-state index is 0.0314. The van der Waals surface area contributed by atoms with Crippen LogP contribution in [0.3, 0.4) is 0 Å². The first kappa shape index (κ1) is 31.6. The summed E-state index contributed by atoms with van der Waals surface area (Å²) in [4.78, 5) is 34.2. The van der Waals surface area contributed by atoms with E-state index in [9.17, 15) is 14.7 Å². The van der Waals surface area contributed by atoms with E-state index in [1.54, 1.807) is 30.3 Å². The van der Waals surface area contributed by atoms with Crippen LogP contribution < -0.4 is 14.5 Å². The average molecular weight is 698 g/mol. The number of amides is 1. The van der Waals surface area contributed by atoms with Crippen molar-refractivity contribution in [3.05, 3.63) is 75.0 Å². The fraction of sp³-hybridized carbons (Fsp3) is 0.429. The molecule has 0 aromatic heterocycles. The normalized spacial score (nSPS) is 23.1. The summed E-state index contributed by atoms with van der Waals surface area (Å²) in [5.41, 5.74) is 2.80. The Morgan fingerprint density at radius 3 is 2.38 bits per heavy atom. The van der Waals surface area contributed by atoms with Crippen LogP contribution >= 0.6 is 23.2 Å². The predicted octanol–water partition coefficient (Wildman–Crippen LogP) is 5.38. The lowest BCUT2D eigenvalue weighted by Crippen LogP contribution is -2.70. The van der Waals surface area contributed by atoms with E-state index in [0.29, 0.717) is 49.0 Å². The molecule has 1 N–H and O–H groups in total. The molecule has 5 aliphatic rings. The number of carbonyl (C=O) groups is 2. The van der Waals surface area contributed by atoms with Crippen molar-refractivity contribution in [3.63, 3.8) is 0 Å². The first-order valence-corrected chi connectivity index (χ1v) is 16.9. The molecule has 0 radical (unpaired) electrons. The van der Waals surface area contributed by atoms with E-state index in [1.165, 1.54) is 4.90 Å². The number of halogens is 3. The maximum Gasteiger partial charge on any atom is 0.337 e. The number of carboxylic acids is 1. The molecule has 13 heteroatoms. The molecule has 48 heavy (non-hydrogen) atoms. The average Bonchev–Trinajstić information content (AvgIpc) is 3.29. The molecule has 3 aromatic rings. The summed E-state index contributed by atoms with van der Waals surface area (Å²) in [5.74, 6) is -1.79. The predicted molar refractivity (Wildman–Crippen MR) is 179 cm³/mol. The number of carbonyl (C=O) groups excluding carboxylic acids is 1. The highest BCUT2D eigenvalue weighted by atomic mass is 35.5. The highest BCUT2D eigenvalue weighted by molar-refractivity contribution is 6.40. The van der Waals surface area contributed by atoms with Crippen LogP contribution in [0.15, 0.2) is 42.5 Å². The third kappa shape index (κ3) is 5.18. The SMILES string of the molecule is CN1CCN(c2cc(Cl)c(C(=O)N3COc4c(cccc4-c4cc(N5C6CCC5COC6)c(C(=O)O)cc4F)C3)c(Cl)c2)CC12COC2. The van der Waals surface area contributed by atoms with E-state index < -0.39 is 11.8 Å². The molecule has 1 spiro atoms. The summed E-state index contributed by atoms with van der Waals surface area (Å²) in [6.45, 7) is 4.87. The summed E-state index contributed by atoms with van der Waals surface area (Å²) in [6, 6.07) is 11.7. The molecule has 2 atom stereocenters. The Balaban J connectivity index is 1.06. The molecule has 2 unspecified atom stereocenters. The molecule has 0 aliphatic carbocycles. The maximum absolute atomic E-state index is 15.7. The Kier molecular flexibility index (Phi) is 7.95. The van der Waals surface area contributed by atoms with Gasteiger partial charge < -0.3 is 34.0 Å². The number of piperazine rings is 1. The third-order valence-electron chi connectivity index (χ3n) is 10.6. The number of fused-ring (bicyclic) bond motifs is 3. The summed E-state index contributed by atoms with van der Waals surface area (Å²) in [6.07, 6.45) is 1.76. The van der Waals surface area contributed by atoms with E-state index >= 15 is 4.39 Å². The number of hydrogen-bond acceptors (Lipinski definition) is 8. The van der Waals surface area contributed by atoms with Crippen molar-refractivity contribution in [2.45, 2.75) is 37.0 Å². The van der Waals surface area contributed by atoms with E-state index in [2.05, 4.69) is 21.7 Å². The Morgan fingerprint density at radius 2 is 1.71 bits per heavy atom. The molecule has 8 rings (SSSR count). The third-order valence-corrected chi connectivity index (χ3v) is 11.2. The summed E-state index contributed by atoms with van der Waals surface area (Å²) in [7, 11) is 2.11. The van der Waals surface area contributed by atoms with Crippen molar-refractivity contribution >= 4 is 46.5 Å². The standard InChI is InChI=1S/C35H35Cl2FN4O6/c1-39-7-8-40(16-35(39)17-47-18-35)23-9-27(36)31(28(37)10-23)33(43)41-13-20-3-2-4-24(32(20)48-19-41)25-12-30(26(34(44)45)11-29(25)38)42-21-5-6-22(42)15-46-14-21/h2-4,9-12,21-22H,5-8,13-19H2,1H3,(H,44,45). The Labute approximate surface area is 287 Å². The Bertz CT molecular complexity index is 1780. The zero-order chi connectivity index (χ0) is 33.3. The van der Waals surface area contributed by atoms with Gasteiger partial charge in [0.15, 0.2) is 6.73 Å². The Morgan fingerprint density at radius 1 is 0.979 bits per heavy atom. The number of carboxylic acid groups (broad SMARTS) is 1. The fourth-order valence-electron chi connectivity index (χ4n) is 7.83. The number of ether oxygens (including phenoxy) is 3. The summed E-state index contributed by atoms with van der Waals surface area (Å²) in [5, 5.41) is 10.5. The van der Waals surface area contributed by atoms with Crippen molar-refractivity contribution in [2.75, 3.05) is 69.6 Å². The highest BCUT2D eigenvalue weighted by Gasteiger charge is 2.46. The maximum atomic E-state index is 15.7. The molecular weight excluding hydrogens is 662 g/mol. The zero-order valence-electron chi connectivity index (χ0n) is 26.4. The molecule has 4 saturated heterocycles. The summed E-state index contributed by atoms with van der Waals surface area (Å²) >= 11 is 13.5. The largest absolute Gasteiger partial charge is 0.478 e. The molecule has 3 aromatic carbocycles. The van der Waals surface area contributed by atoms with Crippen molar-refractivity contribution < 1.29 is 33.3 Å². The quantitative estimate of drug-likeness (QED) is 0.378. The van der Waals surface area contributed by atoms with Crippen LogP contribution in [0.4, 0.5) is 15.8 Å². The van der Waals surface area contributed by atoms with E-state index in [0.717, 1.165) is 44.2 Å². The van der Waals surface area contributed by atoms with E-state index in [-0.39, 0.29) is 63.5 Å². The van der Waals surface area contributed by atoms with Gasteiger partial charge in [-0.3, -0.25) is 9.69 Å². The lowest BCUT2D eigenvalue weighted by atomic mass is 9.92. The van der Waals surface area contributed by atoms with Gasteiger partial charge in [-0.2, -0.15) is 0 Å². The highest BCUT2D eigenvalue weighted by Crippen LogP contribution is 2.44. The molecule has 0 saturated carbocycles. The number of hydrogen-bond donors (Lipinski definition) is 1. The number of nitrogens with zero attached hydrogens (tertiary/aromatic N) is 4. The van der Waals surface area contributed by atoms with Crippen LogP contribution in [-0.2, 0) is 16.0 Å². The second-order valence-corrected chi connectivity index (χ2v) is 14.2. The van der Waals surface area contributed by atoms with Crippen molar-refractivity contribution in [2.24, 2.45) is 0 Å². The fourth-order valence-corrected chi connectivity index (χ4v) is 8.47. The minimum Gasteiger partial charge on any atom is -0.478 e.